The number of nitrogens with zero attached hydrogens (tertiary/aromatic N) is 1. The first-order valence-electron chi connectivity index (χ1n) is 15.8. The largest absolute Gasteiger partial charge is 0.349 e. The quantitative estimate of drug-likeness (QED) is 0.398. The van der Waals surface area contributed by atoms with E-state index < -0.39 is 0 Å². The van der Waals surface area contributed by atoms with Crippen LogP contribution < -0.4 is 5.32 Å². The molecule has 1 spiro atoms. The van der Waals surface area contributed by atoms with Gasteiger partial charge in [0.1, 0.15) is 5.82 Å². The van der Waals surface area contributed by atoms with Gasteiger partial charge in [-0.05, 0) is 115 Å². The number of aromatic nitrogens is 1. The van der Waals surface area contributed by atoms with Crippen molar-refractivity contribution in [2.75, 3.05) is 11.9 Å². The van der Waals surface area contributed by atoms with E-state index in [9.17, 15) is 4.39 Å². The lowest BCUT2D eigenvalue weighted by Gasteiger charge is -2.57. The van der Waals surface area contributed by atoms with Gasteiger partial charge in [0.05, 0.1) is 23.3 Å². The summed E-state index contributed by atoms with van der Waals surface area (Å²) in [7, 11) is 0. The average molecular weight is 563 g/mol. The van der Waals surface area contributed by atoms with Crippen LogP contribution in [0.15, 0.2) is 30.3 Å². The van der Waals surface area contributed by atoms with Crippen LogP contribution in [0.4, 0.5) is 15.2 Å². The number of rotatable bonds is 2. The first-order chi connectivity index (χ1) is 19.2. The molecule has 6 aliphatic rings. The maximum atomic E-state index is 13.4. The number of benzene rings is 1. The molecule has 40 heavy (non-hydrogen) atoms. The van der Waals surface area contributed by atoms with Gasteiger partial charge < -0.3 is 14.8 Å². The highest BCUT2D eigenvalue weighted by atomic mass is 32.1. The second-order valence-electron chi connectivity index (χ2n) is 14.6. The van der Waals surface area contributed by atoms with E-state index in [-0.39, 0.29) is 17.0 Å². The molecule has 4 aliphatic carbocycles. The number of thiazole rings is 1. The Morgan fingerprint density at radius 2 is 1.88 bits per heavy atom. The topological polar surface area (TPSA) is 43.4 Å². The lowest BCUT2D eigenvalue weighted by Crippen LogP contribution is -2.51. The molecule has 8 rings (SSSR count). The number of hydrogen-bond acceptors (Lipinski definition) is 5. The Hall–Kier alpha value is -1.76. The van der Waals surface area contributed by atoms with Gasteiger partial charge in [0.25, 0.3) is 0 Å². The summed E-state index contributed by atoms with van der Waals surface area (Å²) in [4.78, 5) is 6.38. The van der Waals surface area contributed by atoms with Crippen LogP contribution in [-0.4, -0.2) is 23.5 Å². The molecule has 4 nitrogen and oxygen atoms in total. The Balaban J connectivity index is 1.06. The van der Waals surface area contributed by atoms with Gasteiger partial charge in [-0.1, -0.05) is 45.1 Å². The lowest BCUT2D eigenvalue weighted by atomic mass is 9.47. The second-order valence-corrected chi connectivity index (χ2v) is 15.6. The Morgan fingerprint density at radius 3 is 2.65 bits per heavy atom. The predicted octanol–water partition coefficient (Wildman–Crippen LogP) is 8.61. The number of aryl methyl sites for hydroxylation is 1. The van der Waals surface area contributed by atoms with Gasteiger partial charge >= 0.3 is 0 Å². The van der Waals surface area contributed by atoms with E-state index in [1.165, 1.54) is 61.2 Å². The molecule has 3 heterocycles. The monoisotopic (exact) mass is 562 g/mol. The van der Waals surface area contributed by atoms with Crippen LogP contribution in [0.3, 0.4) is 0 Å². The zero-order valence-corrected chi connectivity index (χ0v) is 25.2. The smallest absolute Gasteiger partial charge is 0.187 e. The third-order valence-corrected chi connectivity index (χ3v) is 13.7. The third-order valence-electron chi connectivity index (χ3n) is 12.7. The molecule has 0 unspecified atom stereocenters. The summed E-state index contributed by atoms with van der Waals surface area (Å²) in [6.45, 7) is 10.8. The van der Waals surface area contributed by atoms with Crippen LogP contribution in [0, 0.1) is 52.2 Å². The Bertz CT molecular complexity index is 1350. The maximum absolute atomic E-state index is 13.4. The van der Waals surface area contributed by atoms with E-state index in [0.29, 0.717) is 29.3 Å². The van der Waals surface area contributed by atoms with Gasteiger partial charge in [-0.15, -0.1) is 0 Å². The number of ether oxygens (including phenoxy) is 2. The van der Waals surface area contributed by atoms with Crippen molar-refractivity contribution in [2.24, 2.45) is 46.3 Å². The van der Waals surface area contributed by atoms with Gasteiger partial charge in [-0.3, -0.25) is 0 Å². The van der Waals surface area contributed by atoms with E-state index in [1.54, 1.807) is 29.0 Å². The summed E-state index contributed by atoms with van der Waals surface area (Å²) >= 11 is 1.78. The molecular weight excluding hydrogens is 519 g/mol. The Morgan fingerprint density at radius 1 is 1.05 bits per heavy atom. The summed E-state index contributed by atoms with van der Waals surface area (Å²) in [6, 6.07) is 6.57. The van der Waals surface area contributed by atoms with Crippen LogP contribution in [-0.2, 0) is 15.9 Å². The van der Waals surface area contributed by atoms with Crippen LogP contribution in [0.2, 0.25) is 0 Å². The minimum absolute atomic E-state index is 0.213. The van der Waals surface area contributed by atoms with Crippen molar-refractivity contribution in [1.82, 2.24) is 4.98 Å². The molecule has 0 amide bonds. The zero-order valence-electron chi connectivity index (χ0n) is 24.3. The van der Waals surface area contributed by atoms with Gasteiger partial charge in [0.15, 0.2) is 10.9 Å². The molecule has 6 heteroatoms. The zero-order chi connectivity index (χ0) is 27.4. The van der Waals surface area contributed by atoms with Gasteiger partial charge in [0.2, 0.25) is 0 Å². The van der Waals surface area contributed by atoms with Crippen LogP contribution in [0.25, 0.3) is 5.57 Å². The molecule has 214 valence electrons. The van der Waals surface area contributed by atoms with E-state index in [1.807, 2.05) is 0 Å². The molecule has 0 radical (unpaired) electrons. The molecule has 1 aromatic heterocycles. The first-order valence-corrected chi connectivity index (χ1v) is 16.6. The summed E-state index contributed by atoms with van der Waals surface area (Å²) in [5, 5.41) is 4.35. The Labute approximate surface area is 242 Å². The summed E-state index contributed by atoms with van der Waals surface area (Å²) in [5.41, 5.74) is 4.24. The Kier molecular flexibility index (Phi) is 5.75. The van der Waals surface area contributed by atoms with Gasteiger partial charge in [-0.2, -0.15) is 0 Å². The highest BCUT2D eigenvalue weighted by Gasteiger charge is 2.68. The number of fused-ring (bicyclic) bond motifs is 9. The fourth-order valence-electron chi connectivity index (χ4n) is 10.6. The normalized spacial score (nSPS) is 45.2. The van der Waals surface area contributed by atoms with Crippen molar-refractivity contribution in [3.05, 3.63) is 46.7 Å². The molecule has 1 N–H and O–H groups in total. The standard InChI is InChI=1S/C34H43FN2O2S/c1-19-11-16-34(38-18-19)20(2)29-28(39-34)17-26-23-9-10-25-30-27(13-15-32(25,3)24(23)12-14-33(26,29)4)37-31(40-30)36-22-7-5-21(35)6-8-22/h5-8,10,19-20,23-24,26,28-29H,9,11-18H2,1-4H3,(H,36,37)/t19-,20+,23-,24+,26+,28+,29+,32-,33+,34-/m1/s1. The molecule has 2 aliphatic heterocycles. The fraction of sp³-hybridized carbons (Fsp3) is 0.676. The van der Waals surface area contributed by atoms with Crippen LogP contribution in [0.5, 0.6) is 0 Å². The molecule has 2 saturated carbocycles. The molecule has 2 aromatic rings. The minimum Gasteiger partial charge on any atom is -0.349 e. The van der Waals surface area contributed by atoms with Crippen molar-refractivity contribution >= 4 is 27.7 Å². The summed E-state index contributed by atoms with van der Waals surface area (Å²) in [6.07, 6.45) is 12.5. The summed E-state index contributed by atoms with van der Waals surface area (Å²) in [5.74, 6) is 3.39. The number of hydrogen-bond donors (Lipinski definition) is 1. The predicted molar refractivity (Wildman–Crippen MR) is 158 cm³/mol. The van der Waals surface area contributed by atoms with E-state index in [0.717, 1.165) is 48.0 Å². The molecule has 10 atom stereocenters. The molecule has 4 fully saturated rings. The van der Waals surface area contributed by atoms with Crippen molar-refractivity contribution in [2.45, 2.75) is 91.0 Å². The third kappa shape index (κ3) is 3.57. The number of halogens is 1. The molecule has 0 bridgehead atoms. The van der Waals surface area contributed by atoms with E-state index in [4.69, 9.17) is 14.5 Å². The number of anilines is 2. The van der Waals surface area contributed by atoms with Crippen molar-refractivity contribution in [3.63, 3.8) is 0 Å². The summed E-state index contributed by atoms with van der Waals surface area (Å²) < 4.78 is 26.9. The van der Waals surface area contributed by atoms with Crippen LogP contribution in [0.1, 0.15) is 83.2 Å². The maximum Gasteiger partial charge on any atom is 0.187 e. The van der Waals surface area contributed by atoms with E-state index in [2.05, 4.69) is 39.1 Å². The van der Waals surface area contributed by atoms with E-state index >= 15 is 0 Å². The fourth-order valence-corrected chi connectivity index (χ4v) is 11.8. The second kappa shape index (κ2) is 8.87. The van der Waals surface area contributed by atoms with Crippen molar-refractivity contribution in [1.29, 1.82) is 0 Å². The molecule has 1 aromatic carbocycles. The minimum atomic E-state index is -0.329. The van der Waals surface area contributed by atoms with Crippen LogP contribution >= 0.6 is 11.3 Å². The number of nitrogens with one attached hydrogen (secondary N) is 1. The molecule has 2 saturated heterocycles. The number of allylic oxidation sites excluding steroid dienone is 2. The lowest BCUT2D eigenvalue weighted by molar-refractivity contribution is -0.272. The van der Waals surface area contributed by atoms with Gasteiger partial charge in [-0.25, -0.2) is 9.37 Å². The molecular formula is C34H43FN2O2S. The SMILES string of the molecule is C[C@@H]1CC[C@@]2(OC1)O[C@H]1C[C@H]3[C@@H]4CC=C5c6sc(Nc7ccc(F)cc7)nc6CC[C@]5(C)[C@H]4CC[C@]3(C)[C@H]1[C@@H]2C. The first kappa shape index (κ1) is 25.9. The van der Waals surface area contributed by atoms with Gasteiger partial charge in [0, 0.05) is 18.0 Å². The highest BCUT2D eigenvalue weighted by molar-refractivity contribution is 7.16. The van der Waals surface area contributed by atoms with Crippen molar-refractivity contribution in [3.8, 4) is 0 Å². The average Bonchev–Trinajstić information content (AvgIpc) is 3.56. The van der Waals surface area contributed by atoms with Crippen molar-refractivity contribution < 1.29 is 13.9 Å². The highest BCUT2D eigenvalue weighted by Crippen LogP contribution is 2.71.